The number of thiophene rings is 1. The maximum Gasteiger partial charge on any atom is 0.255 e. The van der Waals surface area contributed by atoms with Crippen molar-refractivity contribution in [2.75, 3.05) is 5.32 Å². The Morgan fingerprint density at radius 2 is 2.06 bits per heavy atom. The Morgan fingerprint density at radius 3 is 2.82 bits per heavy atom. The second-order valence-electron chi connectivity index (χ2n) is 4.06. The summed E-state index contributed by atoms with van der Waals surface area (Å²) in [5.41, 5.74) is 2.76. The molecule has 2 aromatic rings. The third kappa shape index (κ3) is 1.70. The average molecular weight is 244 g/mol. The van der Waals surface area contributed by atoms with Crippen molar-refractivity contribution in [1.82, 2.24) is 5.32 Å². The summed E-state index contributed by atoms with van der Waals surface area (Å²) in [6.07, 6.45) is -0.115. The number of anilines is 1. The summed E-state index contributed by atoms with van der Waals surface area (Å²) >= 11 is 1.63. The number of rotatable bonds is 1. The van der Waals surface area contributed by atoms with Gasteiger partial charge in [0.15, 0.2) is 0 Å². The molecule has 0 saturated carbocycles. The molecule has 1 aliphatic rings. The van der Waals surface area contributed by atoms with Gasteiger partial charge in [0.1, 0.15) is 6.17 Å². The fourth-order valence-corrected chi connectivity index (χ4v) is 2.76. The van der Waals surface area contributed by atoms with E-state index in [1.807, 2.05) is 42.6 Å². The van der Waals surface area contributed by atoms with E-state index in [0.29, 0.717) is 0 Å². The van der Waals surface area contributed by atoms with E-state index in [2.05, 4.69) is 10.6 Å². The normalized spacial score (nSPS) is 18.2. The lowest BCUT2D eigenvalue weighted by atomic mass is 10.0. The highest BCUT2D eigenvalue weighted by Gasteiger charge is 2.25. The van der Waals surface area contributed by atoms with Gasteiger partial charge in [-0.1, -0.05) is 18.2 Å². The largest absolute Gasteiger partial charge is 0.360 e. The molecule has 1 amide bonds. The van der Waals surface area contributed by atoms with E-state index in [1.165, 1.54) is 0 Å². The quantitative estimate of drug-likeness (QED) is 0.809. The lowest BCUT2D eigenvalue weighted by Crippen LogP contribution is -2.38. The molecule has 3 rings (SSSR count). The van der Waals surface area contributed by atoms with Crippen LogP contribution in [0.15, 0.2) is 35.7 Å². The third-order valence-electron chi connectivity index (χ3n) is 2.91. The minimum Gasteiger partial charge on any atom is -0.360 e. The Hall–Kier alpha value is -1.81. The van der Waals surface area contributed by atoms with Gasteiger partial charge in [-0.3, -0.25) is 4.79 Å². The van der Waals surface area contributed by atoms with Crippen LogP contribution in [-0.2, 0) is 0 Å². The van der Waals surface area contributed by atoms with E-state index in [0.717, 1.165) is 21.7 Å². The Labute approximate surface area is 103 Å². The molecule has 0 unspecified atom stereocenters. The number of hydrogen-bond acceptors (Lipinski definition) is 3. The van der Waals surface area contributed by atoms with Gasteiger partial charge in [0, 0.05) is 4.88 Å². The van der Waals surface area contributed by atoms with E-state index in [9.17, 15) is 4.79 Å². The fourth-order valence-electron chi connectivity index (χ4n) is 2.04. The molecule has 0 radical (unpaired) electrons. The monoisotopic (exact) mass is 244 g/mol. The van der Waals surface area contributed by atoms with Gasteiger partial charge in [0.2, 0.25) is 0 Å². The van der Waals surface area contributed by atoms with Crippen LogP contribution >= 0.6 is 11.3 Å². The van der Waals surface area contributed by atoms with Crippen molar-refractivity contribution in [3.05, 3.63) is 51.7 Å². The zero-order chi connectivity index (χ0) is 11.8. The van der Waals surface area contributed by atoms with Gasteiger partial charge in [-0.15, -0.1) is 11.3 Å². The van der Waals surface area contributed by atoms with Crippen LogP contribution in [0.4, 0.5) is 5.69 Å². The molecule has 3 nitrogen and oxygen atoms in total. The topological polar surface area (TPSA) is 41.1 Å². The van der Waals surface area contributed by atoms with E-state index in [-0.39, 0.29) is 12.1 Å². The summed E-state index contributed by atoms with van der Waals surface area (Å²) in [5, 5.41) is 8.35. The molecular formula is C13H12N2OS. The number of nitrogens with one attached hydrogen (secondary N) is 2. The second kappa shape index (κ2) is 3.89. The highest BCUT2D eigenvalue weighted by atomic mass is 32.1. The molecular weight excluding hydrogens is 232 g/mol. The number of amides is 1. The standard InChI is InChI=1S/C13H12N2OS/c1-8-4-2-5-9-11(8)14-12(15-13(9)16)10-6-3-7-17-10/h2-7,12,14H,1H3,(H,15,16)/t12-/m1/s1. The van der Waals surface area contributed by atoms with Crippen LogP contribution in [0.25, 0.3) is 0 Å². The van der Waals surface area contributed by atoms with E-state index >= 15 is 0 Å². The van der Waals surface area contributed by atoms with Gasteiger partial charge in [0.05, 0.1) is 11.3 Å². The maximum atomic E-state index is 12.0. The molecule has 86 valence electrons. The Morgan fingerprint density at radius 1 is 1.18 bits per heavy atom. The first kappa shape index (κ1) is 10.4. The van der Waals surface area contributed by atoms with E-state index in [1.54, 1.807) is 11.3 Å². The Balaban J connectivity index is 2.03. The molecule has 0 saturated heterocycles. The maximum absolute atomic E-state index is 12.0. The van der Waals surface area contributed by atoms with Crippen molar-refractivity contribution >= 4 is 22.9 Å². The van der Waals surface area contributed by atoms with Crippen LogP contribution in [0.5, 0.6) is 0 Å². The zero-order valence-corrected chi connectivity index (χ0v) is 10.2. The molecule has 0 fully saturated rings. The Kier molecular flexibility index (Phi) is 2.37. The first-order valence-electron chi connectivity index (χ1n) is 5.46. The first-order valence-corrected chi connectivity index (χ1v) is 6.34. The van der Waals surface area contributed by atoms with Gasteiger partial charge in [-0.2, -0.15) is 0 Å². The smallest absolute Gasteiger partial charge is 0.255 e. The molecule has 17 heavy (non-hydrogen) atoms. The summed E-state index contributed by atoms with van der Waals surface area (Å²) in [7, 11) is 0. The van der Waals surface area contributed by atoms with Gasteiger partial charge in [-0.25, -0.2) is 0 Å². The minimum absolute atomic E-state index is 0.0131. The van der Waals surface area contributed by atoms with E-state index in [4.69, 9.17) is 0 Å². The fraction of sp³-hybridized carbons (Fsp3) is 0.154. The van der Waals surface area contributed by atoms with Crippen LogP contribution in [0.3, 0.4) is 0 Å². The van der Waals surface area contributed by atoms with Crippen molar-refractivity contribution in [1.29, 1.82) is 0 Å². The van der Waals surface area contributed by atoms with Gasteiger partial charge in [0.25, 0.3) is 5.91 Å². The highest BCUT2D eigenvalue weighted by molar-refractivity contribution is 7.10. The van der Waals surface area contributed by atoms with E-state index < -0.39 is 0 Å². The minimum atomic E-state index is -0.115. The predicted octanol–water partition coefficient (Wildman–Crippen LogP) is 2.91. The second-order valence-corrected chi connectivity index (χ2v) is 5.04. The third-order valence-corrected chi connectivity index (χ3v) is 3.85. The van der Waals surface area contributed by atoms with Crippen LogP contribution in [0, 0.1) is 6.92 Å². The molecule has 0 spiro atoms. The number of carbonyl (C=O) groups excluding carboxylic acids is 1. The molecule has 1 aliphatic heterocycles. The van der Waals surface area contributed by atoms with Crippen molar-refractivity contribution in [3.63, 3.8) is 0 Å². The summed E-state index contributed by atoms with van der Waals surface area (Å²) in [4.78, 5) is 13.1. The molecule has 2 N–H and O–H groups in total. The molecule has 1 aromatic heterocycles. The first-order chi connectivity index (χ1) is 8.25. The van der Waals surface area contributed by atoms with Gasteiger partial charge < -0.3 is 10.6 Å². The zero-order valence-electron chi connectivity index (χ0n) is 9.36. The van der Waals surface area contributed by atoms with Crippen LogP contribution in [-0.4, -0.2) is 5.91 Å². The Bertz CT molecular complexity index is 563. The van der Waals surface area contributed by atoms with Crippen LogP contribution < -0.4 is 10.6 Å². The molecule has 1 aromatic carbocycles. The lowest BCUT2D eigenvalue weighted by molar-refractivity contribution is 0.0936. The summed E-state index contributed by atoms with van der Waals surface area (Å²) < 4.78 is 0. The number of benzene rings is 1. The van der Waals surface area contributed by atoms with Crippen molar-refractivity contribution in [2.24, 2.45) is 0 Å². The number of aryl methyl sites for hydroxylation is 1. The SMILES string of the molecule is Cc1cccc2c1N[C@@H](c1cccs1)NC2=O. The highest BCUT2D eigenvalue weighted by Crippen LogP contribution is 2.30. The lowest BCUT2D eigenvalue weighted by Gasteiger charge is -2.28. The summed E-state index contributed by atoms with van der Waals surface area (Å²) in [5.74, 6) is -0.0131. The summed E-state index contributed by atoms with van der Waals surface area (Å²) in [6, 6.07) is 9.76. The predicted molar refractivity (Wildman–Crippen MR) is 69.3 cm³/mol. The number of para-hydroxylation sites is 1. The van der Waals surface area contributed by atoms with Gasteiger partial charge in [-0.05, 0) is 30.0 Å². The molecule has 0 bridgehead atoms. The molecule has 0 aliphatic carbocycles. The molecule has 4 heteroatoms. The van der Waals surface area contributed by atoms with Crippen molar-refractivity contribution < 1.29 is 4.79 Å². The number of fused-ring (bicyclic) bond motifs is 1. The van der Waals surface area contributed by atoms with Crippen molar-refractivity contribution in [2.45, 2.75) is 13.1 Å². The van der Waals surface area contributed by atoms with Crippen LogP contribution in [0.1, 0.15) is 27.0 Å². The molecule has 2 heterocycles. The number of carbonyl (C=O) groups is 1. The number of hydrogen-bond donors (Lipinski definition) is 2. The molecule has 1 atom stereocenters. The average Bonchev–Trinajstić information content (AvgIpc) is 2.84. The van der Waals surface area contributed by atoms with Crippen LogP contribution in [0.2, 0.25) is 0 Å². The van der Waals surface area contributed by atoms with Gasteiger partial charge >= 0.3 is 0 Å². The summed E-state index contributed by atoms with van der Waals surface area (Å²) in [6.45, 7) is 2.01. The van der Waals surface area contributed by atoms with Crippen molar-refractivity contribution in [3.8, 4) is 0 Å².